The van der Waals surface area contributed by atoms with E-state index in [2.05, 4.69) is 9.88 Å². The van der Waals surface area contributed by atoms with Crippen LogP contribution in [0, 0.1) is 0 Å². The number of rotatable bonds is 1. The summed E-state index contributed by atoms with van der Waals surface area (Å²) < 4.78 is 0. The smallest absolute Gasteiger partial charge is 0.336 e. The molecule has 1 aliphatic heterocycles. The van der Waals surface area contributed by atoms with Crippen molar-refractivity contribution in [3.63, 3.8) is 0 Å². The molecule has 2 aromatic rings. The van der Waals surface area contributed by atoms with E-state index in [-0.39, 0.29) is 5.75 Å². The Morgan fingerprint density at radius 1 is 1.42 bits per heavy atom. The summed E-state index contributed by atoms with van der Waals surface area (Å²) >= 11 is 0. The second-order valence-corrected chi connectivity index (χ2v) is 4.91. The first kappa shape index (κ1) is 11.9. The Hall–Kier alpha value is -2.14. The van der Waals surface area contributed by atoms with E-state index in [1.165, 1.54) is 12.1 Å². The van der Waals surface area contributed by atoms with Gasteiger partial charge in [-0.2, -0.15) is 0 Å². The third-order valence-corrected chi connectivity index (χ3v) is 3.53. The molecule has 0 bridgehead atoms. The molecule has 1 aromatic carbocycles. The number of carboxylic acid groups (broad SMARTS) is 1. The maximum atomic E-state index is 11.6. The van der Waals surface area contributed by atoms with Crippen molar-refractivity contribution in [2.45, 2.75) is 13.0 Å². The lowest BCUT2D eigenvalue weighted by Gasteiger charge is -2.26. The zero-order chi connectivity index (χ0) is 13.6. The van der Waals surface area contributed by atoms with Crippen LogP contribution in [0.5, 0.6) is 5.75 Å². The van der Waals surface area contributed by atoms with Gasteiger partial charge in [0.25, 0.3) is 0 Å². The SMILES string of the molecule is CN1CCc2nc3cc(O)ccc3c(C(=O)O)c2C1. The molecule has 3 rings (SSSR count). The molecule has 0 saturated heterocycles. The predicted octanol–water partition coefficient (Wildman–Crippen LogP) is 1.63. The van der Waals surface area contributed by atoms with E-state index < -0.39 is 5.97 Å². The second kappa shape index (κ2) is 4.20. The molecular weight excluding hydrogens is 244 g/mol. The zero-order valence-electron chi connectivity index (χ0n) is 10.6. The molecule has 0 fully saturated rings. The summed E-state index contributed by atoms with van der Waals surface area (Å²) in [6.45, 7) is 1.46. The van der Waals surface area contributed by atoms with Crippen molar-refractivity contribution in [1.29, 1.82) is 0 Å². The summed E-state index contributed by atoms with van der Waals surface area (Å²) in [5.41, 5.74) is 2.47. The molecule has 0 spiro atoms. The molecule has 5 nitrogen and oxygen atoms in total. The maximum absolute atomic E-state index is 11.6. The van der Waals surface area contributed by atoms with Gasteiger partial charge in [-0.15, -0.1) is 0 Å². The first-order valence-electron chi connectivity index (χ1n) is 6.12. The number of hydrogen-bond acceptors (Lipinski definition) is 4. The van der Waals surface area contributed by atoms with Gasteiger partial charge < -0.3 is 15.1 Å². The Kier molecular flexibility index (Phi) is 2.64. The summed E-state index contributed by atoms with van der Waals surface area (Å²) in [4.78, 5) is 18.2. The fourth-order valence-electron chi connectivity index (χ4n) is 2.61. The number of phenols is 1. The van der Waals surface area contributed by atoms with Gasteiger partial charge in [0.2, 0.25) is 0 Å². The molecule has 98 valence electrons. The summed E-state index contributed by atoms with van der Waals surface area (Å²) in [7, 11) is 1.97. The summed E-state index contributed by atoms with van der Waals surface area (Å²) in [6, 6.07) is 4.63. The fraction of sp³-hybridized carbons (Fsp3) is 0.286. The van der Waals surface area contributed by atoms with Crippen molar-refractivity contribution in [2.24, 2.45) is 0 Å². The second-order valence-electron chi connectivity index (χ2n) is 4.91. The largest absolute Gasteiger partial charge is 0.508 e. The van der Waals surface area contributed by atoms with Crippen LogP contribution in [0.2, 0.25) is 0 Å². The van der Waals surface area contributed by atoms with Crippen LogP contribution in [0.15, 0.2) is 18.2 Å². The van der Waals surface area contributed by atoms with Crippen LogP contribution >= 0.6 is 0 Å². The molecule has 2 N–H and O–H groups in total. The van der Waals surface area contributed by atoms with Crippen molar-refractivity contribution < 1.29 is 15.0 Å². The van der Waals surface area contributed by atoms with Crippen molar-refractivity contribution in [3.8, 4) is 5.75 Å². The number of nitrogens with zero attached hydrogens (tertiary/aromatic N) is 2. The van der Waals surface area contributed by atoms with Gasteiger partial charge in [-0.1, -0.05) is 0 Å². The number of likely N-dealkylation sites (N-methyl/N-ethyl adjacent to an activating group) is 1. The third kappa shape index (κ3) is 1.92. The summed E-state index contributed by atoms with van der Waals surface area (Å²) in [6.07, 6.45) is 0.734. The number of pyridine rings is 1. The zero-order valence-corrected chi connectivity index (χ0v) is 10.6. The standard InChI is InChI=1S/C14H14N2O3/c1-16-5-4-11-10(7-16)13(14(18)19)9-3-2-8(17)6-12(9)15-11/h2-3,6,17H,4-5,7H2,1H3,(H,18,19). The molecule has 0 atom stereocenters. The van der Waals surface area contributed by atoms with Crippen LogP contribution in [-0.4, -0.2) is 39.7 Å². The van der Waals surface area contributed by atoms with Gasteiger partial charge >= 0.3 is 5.97 Å². The topological polar surface area (TPSA) is 73.7 Å². The first-order chi connectivity index (χ1) is 9.06. The number of aromatic nitrogens is 1. The highest BCUT2D eigenvalue weighted by Crippen LogP contribution is 2.29. The number of phenolic OH excluding ortho intramolecular Hbond substituents is 1. The van der Waals surface area contributed by atoms with E-state index in [9.17, 15) is 15.0 Å². The van der Waals surface area contributed by atoms with Gasteiger partial charge in [0.15, 0.2) is 0 Å². The van der Waals surface area contributed by atoms with E-state index in [0.29, 0.717) is 23.0 Å². The van der Waals surface area contributed by atoms with Crippen LogP contribution in [-0.2, 0) is 13.0 Å². The van der Waals surface area contributed by atoms with Crippen LogP contribution in [0.4, 0.5) is 0 Å². The third-order valence-electron chi connectivity index (χ3n) is 3.53. The van der Waals surface area contributed by atoms with Gasteiger partial charge in [-0.3, -0.25) is 4.98 Å². The lowest BCUT2D eigenvalue weighted by Crippen LogP contribution is -2.29. The van der Waals surface area contributed by atoms with Crippen molar-refractivity contribution in [2.75, 3.05) is 13.6 Å². The highest BCUT2D eigenvalue weighted by molar-refractivity contribution is 6.04. The highest BCUT2D eigenvalue weighted by Gasteiger charge is 2.24. The van der Waals surface area contributed by atoms with E-state index in [4.69, 9.17) is 0 Å². The normalized spacial score (nSPS) is 15.4. The Morgan fingerprint density at radius 3 is 2.95 bits per heavy atom. The Morgan fingerprint density at radius 2 is 2.21 bits per heavy atom. The van der Waals surface area contributed by atoms with Gasteiger partial charge in [0, 0.05) is 42.2 Å². The molecule has 1 aliphatic rings. The quantitative estimate of drug-likeness (QED) is 0.813. The van der Waals surface area contributed by atoms with Crippen molar-refractivity contribution in [1.82, 2.24) is 9.88 Å². The minimum absolute atomic E-state index is 0.101. The molecule has 5 heteroatoms. The Bertz CT molecular complexity index is 682. The fourth-order valence-corrected chi connectivity index (χ4v) is 2.61. The lowest BCUT2D eigenvalue weighted by atomic mass is 9.96. The minimum Gasteiger partial charge on any atom is -0.508 e. The Labute approximate surface area is 110 Å². The van der Waals surface area contributed by atoms with E-state index in [1.54, 1.807) is 6.07 Å². The monoisotopic (exact) mass is 258 g/mol. The lowest BCUT2D eigenvalue weighted by molar-refractivity contribution is 0.0696. The van der Waals surface area contributed by atoms with Crippen LogP contribution in [0.1, 0.15) is 21.6 Å². The van der Waals surface area contributed by atoms with Gasteiger partial charge in [0.1, 0.15) is 5.75 Å². The van der Waals surface area contributed by atoms with Crippen LogP contribution in [0.3, 0.4) is 0 Å². The number of aromatic hydroxyl groups is 1. The number of hydrogen-bond donors (Lipinski definition) is 2. The van der Waals surface area contributed by atoms with Crippen molar-refractivity contribution >= 4 is 16.9 Å². The molecule has 0 unspecified atom stereocenters. The summed E-state index contributed by atoms with van der Waals surface area (Å²) in [5, 5.41) is 19.6. The molecule has 2 heterocycles. The van der Waals surface area contributed by atoms with E-state index in [1.807, 2.05) is 7.05 Å². The minimum atomic E-state index is -0.940. The average molecular weight is 258 g/mol. The first-order valence-corrected chi connectivity index (χ1v) is 6.12. The van der Waals surface area contributed by atoms with Gasteiger partial charge in [0.05, 0.1) is 11.1 Å². The average Bonchev–Trinajstić information content (AvgIpc) is 2.35. The predicted molar refractivity (Wildman–Crippen MR) is 70.4 cm³/mol. The number of carboxylic acids is 1. The number of benzene rings is 1. The molecule has 0 radical (unpaired) electrons. The molecule has 0 saturated carbocycles. The molecule has 0 aliphatic carbocycles. The highest BCUT2D eigenvalue weighted by atomic mass is 16.4. The number of carbonyl (C=O) groups is 1. The van der Waals surface area contributed by atoms with Gasteiger partial charge in [-0.05, 0) is 19.2 Å². The van der Waals surface area contributed by atoms with E-state index in [0.717, 1.165) is 24.2 Å². The number of aromatic carboxylic acids is 1. The molecule has 1 aromatic heterocycles. The van der Waals surface area contributed by atoms with E-state index >= 15 is 0 Å². The van der Waals surface area contributed by atoms with Crippen LogP contribution in [0.25, 0.3) is 10.9 Å². The number of fused-ring (bicyclic) bond motifs is 2. The van der Waals surface area contributed by atoms with Crippen LogP contribution < -0.4 is 0 Å². The summed E-state index contributed by atoms with van der Waals surface area (Å²) in [5.74, 6) is -0.839. The molecular formula is C14H14N2O3. The molecule has 0 amide bonds. The molecule has 19 heavy (non-hydrogen) atoms. The van der Waals surface area contributed by atoms with Gasteiger partial charge in [-0.25, -0.2) is 4.79 Å². The maximum Gasteiger partial charge on any atom is 0.336 e. The van der Waals surface area contributed by atoms with Crippen molar-refractivity contribution in [3.05, 3.63) is 35.0 Å². The Balaban J connectivity index is 2.36.